The molecule has 0 radical (unpaired) electrons. The van der Waals surface area contributed by atoms with Crippen molar-refractivity contribution in [2.45, 2.75) is 12.8 Å². The Morgan fingerprint density at radius 3 is 2.89 bits per heavy atom. The molecule has 3 rings (SSSR count). The number of aromatic nitrogens is 3. The number of hydrogen-bond donors (Lipinski definition) is 1. The second-order valence-corrected chi connectivity index (χ2v) is 4.63. The summed E-state index contributed by atoms with van der Waals surface area (Å²) in [4.78, 5) is 11.2. The highest BCUT2D eigenvalue weighted by atomic mass is 35.5. The molecule has 1 aliphatic heterocycles. The SMILES string of the molecule is O=C(O)C1Cc2ccccc2-n2c(Cl)nnc2C1. The maximum atomic E-state index is 11.2. The fourth-order valence-electron chi connectivity index (χ4n) is 2.30. The first kappa shape index (κ1) is 11.2. The van der Waals surface area contributed by atoms with Gasteiger partial charge in [-0.2, -0.15) is 0 Å². The molecule has 1 N–H and O–H groups in total. The first-order valence-corrected chi connectivity index (χ1v) is 5.95. The fraction of sp³-hybridized carbons (Fsp3) is 0.250. The van der Waals surface area contributed by atoms with Crippen LogP contribution in [0.1, 0.15) is 11.4 Å². The van der Waals surface area contributed by atoms with Gasteiger partial charge in [-0.3, -0.25) is 9.36 Å². The number of hydrogen-bond acceptors (Lipinski definition) is 3. The first-order chi connectivity index (χ1) is 8.66. The summed E-state index contributed by atoms with van der Waals surface area (Å²) in [6.45, 7) is 0. The number of carboxylic acids is 1. The molecule has 1 aliphatic rings. The topological polar surface area (TPSA) is 68.0 Å². The van der Waals surface area contributed by atoms with Gasteiger partial charge >= 0.3 is 5.97 Å². The molecule has 2 aromatic rings. The maximum Gasteiger partial charge on any atom is 0.307 e. The largest absolute Gasteiger partial charge is 0.481 e. The third kappa shape index (κ3) is 1.67. The molecule has 2 heterocycles. The molecule has 6 heteroatoms. The predicted octanol–water partition coefficient (Wildman–Crippen LogP) is 1.72. The minimum absolute atomic E-state index is 0.267. The summed E-state index contributed by atoms with van der Waals surface area (Å²) in [7, 11) is 0. The van der Waals surface area contributed by atoms with Crippen molar-refractivity contribution in [2.75, 3.05) is 0 Å². The van der Waals surface area contributed by atoms with E-state index in [9.17, 15) is 9.90 Å². The third-order valence-corrected chi connectivity index (χ3v) is 3.41. The van der Waals surface area contributed by atoms with Crippen LogP contribution in [0.4, 0.5) is 0 Å². The van der Waals surface area contributed by atoms with Crippen LogP contribution >= 0.6 is 11.6 Å². The molecule has 92 valence electrons. The highest BCUT2D eigenvalue weighted by Gasteiger charge is 2.28. The summed E-state index contributed by atoms with van der Waals surface area (Å²) in [6, 6.07) is 7.59. The van der Waals surface area contributed by atoms with Gasteiger partial charge in [-0.1, -0.05) is 18.2 Å². The summed E-state index contributed by atoms with van der Waals surface area (Å²) in [6.07, 6.45) is 0.814. The molecule has 0 saturated heterocycles. The van der Waals surface area contributed by atoms with Crippen molar-refractivity contribution in [3.8, 4) is 5.69 Å². The maximum absolute atomic E-state index is 11.2. The minimum atomic E-state index is -0.822. The lowest BCUT2D eigenvalue weighted by molar-refractivity contribution is -0.141. The van der Waals surface area contributed by atoms with E-state index < -0.39 is 11.9 Å². The Labute approximate surface area is 108 Å². The van der Waals surface area contributed by atoms with Crippen LogP contribution < -0.4 is 0 Å². The number of aliphatic carboxylic acids is 1. The summed E-state index contributed by atoms with van der Waals surface area (Å²) in [5.41, 5.74) is 1.82. The number of benzene rings is 1. The van der Waals surface area contributed by atoms with Crippen molar-refractivity contribution in [1.29, 1.82) is 0 Å². The monoisotopic (exact) mass is 263 g/mol. The van der Waals surface area contributed by atoms with Crippen LogP contribution in [0.2, 0.25) is 5.28 Å². The average molecular weight is 264 g/mol. The van der Waals surface area contributed by atoms with Crippen LogP contribution in [0.5, 0.6) is 0 Å². The van der Waals surface area contributed by atoms with Crippen molar-refractivity contribution in [1.82, 2.24) is 14.8 Å². The van der Waals surface area contributed by atoms with Gasteiger partial charge in [0.2, 0.25) is 5.28 Å². The Morgan fingerprint density at radius 1 is 1.33 bits per heavy atom. The minimum Gasteiger partial charge on any atom is -0.481 e. The van der Waals surface area contributed by atoms with Gasteiger partial charge < -0.3 is 5.11 Å². The van der Waals surface area contributed by atoms with Crippen molar-refractivity contribution >= 4 is 17.6 Å². The van der Waals surface area contributed by atoms with E-state index in [1.165, 1.54) is 0 Å². The molecule has 1 atom stereocenters. The van der Waals surface area contributed by atoms with Gasteiger partial charge in [0, 0.05) is 6.42 Å². The standard InChI is InChI=1S/C12H10ClN3O2/c13-12-15-14-10-6-8(11(17)18)5-7-3-1-2-4-9(7)16(10)12/h1-4,8H,5-6H2,(H,17,18). The number of nitrogens with zero attached hydrogens (tertiary/aromatic N) is 3. The summed E-state index contributed by atoms with van der Waals surface area (Å²) in [5.74, 6) is -0.720. The Hall–Kier alpha value is -1.88. The van der Waals surface area contributed by atoms with Crippen molar-refractivity contribution in [3.05, 3.63) is 40.9 Å². The van der Waals surface area contributed by atoms with Crippen LogP contribution in [-0.2, 0) is 17.6 Å². The van der Waals surface area contributed by atoms with Crippen LogP contribution in [0, 0.1) is 5.92 Å². The molecule has 5 nitrogen and oxygen atoms in total. The van der Waals surface area contributed by atoms with E-state index in [4.69, 9.17) is 11.6 Å². The fourth-order valence-corrected chi connectivity index (χ4v) is 2.53. The number of carbonyl (C=O) groups is 1. The van der Waals surface area contributed by atoms with Gasteiger partial charge in [0.15, 0.2) is 0 Å². The number of fused-ring (bicyclic) bond motifs is 3. The second kappa shape index (κ2) is 4.10. The Bertz CT molecular complexity index is 624. The van der Waals surface area contributed by atoms with Gasteiger partial charge in [0.05, 0.1) is 11.6 Å². The zero-order chi connectivity index (χ0) is 12.7. The van der Waals surface area contributed by atoms with Crippen molar-refractivity contribution in [3.63, 3.8) is 0 Å². The van der Waals surface area contributed by atoms with Crippen LogP contribution in [0.15, 0.2) is 24.3 Å². The second-order valence-electron chi connectivity index (χ2n) is 4.29. The molecule has 0 saturated carbocycles. The molecule has 0 bridgehead atoms. The normalized spacial score (nSPS) is 17.7. The van der Waals surface area contributed by atoms with Crippen LogP contribution in [-0.4, -0.2) is 25.8 Å². The first-order valence-electron chi connectivity index (χ1n) is 5.57. The van der Waals surface area contributed by atoms with Gasteiger partial charge in [-0.05, 0) is 29.7 Å². The van der Waals surface area contributed by atoms with Crippen LogP contribution in [0.3, 0.4) is 0 Å². The lowest BCUT2D eigenvalue weighted by atomic mass is 9.97. The summed E-state index contributed by atoms with van der Waals surface area (Å²) < 4.78 is 1.72. The van der Waals surface area contributed by atoms with Crippen molar-refractivity contribution in [2.24, 2.45) is 5.92 Å². The molecular weight excluding hydrogens is 254 g/mol. The quantitative estimate of drug-likeness (QED) is 0.851. The van der Waals surface area contributed by atoms with Gasteiger partial charge in [0.1, 0.15) is 5.82 Å². The predicted molar refractivity (Wildman–Crippen MR) is 64.9 cm³/mol. The number of para-hydroxylation sites is 1. The van der Waals surface area contributed by atoms with E-state index in [2.05, 4.69) is 10.2 Å². The van der Waals surface area contributed by atoms with E-state index >= 15 is 0 Å². The highest BCUT2D eigenvalue weighted by Crippen LogP contribution is 2.28. The zero-order valence-corrected chi connectivity index (χ0v) is 10.1. The van der Waals surface area contributed by atoms with Gasteiger partial charge in [-0.15, -0.1) is 10.2 Å². The smallest absolute Gasteiger partial charge is 0.307 e. The summed E-state index contributed by atoms with van der Waals surface area (Å²) in [5, 5.41) is 17.3. The molecule has 1 aromatic carbocycles. The molecule has 18 heavy (non-hydrogen) atoms. The molecule has 0 spiro atoms. The third-order valence-electron chi connectivity index (χ3n) is 3.17. The lowest BCUT2D eigenvalue weighted by Gasteiger charge is -2.09. The van der Waals surface area contributed by atoms with Crippen LogP contribution in [0.25, 0.3) is 5.69 Å². The van der Waals surface area contributed by atoms with E-state index in [0.717, 1.165) is 11.3 Å². The van der Waals surface area contributed by atoms with Crippen molar-refractivity contribution < 1.29 is 9.90 Å². The molecular formula is C12H10ClN3O2. The molecule has 1 aromatic heterocycles. The zero-order valence-electron chi connectivity index (χ0n) is 9.38. The summed E-state index contributed by atoms with van der Waals surface area (Å²) >= 11 is 6.03. The Morgan fingerprint density at radius 2 is 2.11 bits per heavy atom. The van der Waals surface area contributed by atoms with E-state index in [1.807, 2.05) is 24.3 Å². The number of halogens is 1. The van der Waals surface area contributed by atoms with E-state index in [-0.39, 0.29) is 5.28 Å². The van der Waals surface area contributed by atoms with Gasteiger partial charge in [0.25, 0.3) is 0 Å². The number of rotatable bonds is 1. The molecule has 0 amide bonds. The van der Waals surface area contributed by atoms with Gasteiger partial charge in [-0.25, -0.2) is 0 Å². The molecule has 0 fully saturated rings. The average Bonchev–Trinajstić information content (AvgIpc) is 2.62. The highest BCUT2D eigenvalue weighted by molar-refractivity contribution is 6.28. The lowest BCUT2D eigenvalue weighted by Crippen LogP contribution is -2.18. The Kier molecular flexibility index (Phi) is 2.56. The van der Waals surface area contributed by atoms with E-state index in [1.54, 1.807) is 4.57 Å². The molecule has 0 aliphatic carbocycles. The van der Waals surface area contributed by atoms with E-state index in [0.29, 0.717) is 18.7 Å². The molecule has 1 unspecified atom stereocenters. The Balaban J connectivity index is 2.23. The number of carboxylic acid groups (broad SMARTS) is 1.